The first-order valence-corrected chi connectivity index (χ1v) is 10.6. The Balaban J connectivity index is 1.58. The second kappa shape index (κ2) is 6.97. The molecular formula is C20H28N2O3S. The third kappa shape index (κ3) is 2.97. The predicted octanol–water partition coefficient (Wildman–Crippen LogP) is 2.92. The molecule has 1 aromatic heterocycles. The van der Waals surface area contributed by atoms with Gasteiger partial charge in [-0.3, -0.25) is 9.59 Å². The van der Waals surface area contributed by atoms with Crippen LogP contribution in [0.2, 0.25) is 0 Å². The lowest BCUT2D eigenvalue weighted by molar-refractivity contribution is -0.121. The maximum atomic E-state index is 13.4. The standard InChI is InChI=1S/C20H28N2O3S/c1-13(23)21-14-7-8-20(25-2)9-10-22(18(20)11-14)19(24)16-12-26-17-6-4-3-5-15(16)17/h12,14,18H,3-11H2,1-2H3,(H,21,23). The summed E-state index contributed by atoms with van der Waals surface area (Å²) in [6.45, 7) is 2.31. The first-order chi connectivity index (χ1) is 12.5. The van der Waals surface area contributed by atoms with Crippen molar-refractivity contribution < 1.29 is 14.3 Å². The van der Waals surface area contributed by atoms with Crippen molar-refractivity contribution in [3.05, 3.63) is 21.4 Å². The molecule has 3 aliphatic rings. The van der Waals surface area contributed by atoms with E-state index in [1.165, 1.54) is 23.3 Å². The maximum Gasteiger partial charge on any atom is 0.255 e. The van der Waals surface area contributed by atoms with Crippen LogP contribution < -0.4 is 5.32 Å². The molecule has 1 aromatic rings. The maximum absolute atomic E-state index is 13.4. The van der Waals surface area contributed by atoms with Crippen LogP contribution in [-0.4, -0.2) is 48.1 Å². The van der Waals surface area contributed by atoms with Crippen molar-refractivity contribution in [2.45, 2.75) is 76.0 Å². The van der Waals surface area contributed by atoms with E-state index in [9.17, 15) is 9.59 Å². The summed E-state index contributed by atoms with van der Waals surface area (Å²) >= 11 is 1.75. The first-order valence-electron chi connectivity index (χ1n) is 9.76. The number of fused-ring (bicyclic) bond motifs is 2. The Labute approximate surface area is 159 Å². The van der Waals surface area contributed by atoms with Crippen LogP contribution >= 0.6 is 11.3 Å². The minimum atomic E-state index is -0.249. The molecule has 3 atom stereocenters. The normalized spacial score (nSPS) is 30.6. The highest BCUT2D eigenvalue weighted by molar-refractivity contribution is 7.10. The molecule has 6 heteroatoms. The molecule has 2 fully saturated rings. The molecule has 0 spiro atoms. The highest BCUT2D eigenvalue weighted by atomic mass is 32.1. The van der Waals surface area contributed by atoms with Crippen LogP contribution in [0.15, 0.2) is 5.38 Å². The Morgan fingerprint density at radius 2 is 2.12 bits per heavy atom. The van der Waals surface area contributed by atoms with Crippen molar-refractivity contribution in [2.24, 2.45) is 0 Å². The monoisotopic (exact) mass is 376 g/mol. The van der Waals surface area contributed by atoms with Gasteiger partial charge in [-0.15, -0.1) is 11.3 Å². The van der Waals surface area contributed by atoms with Crippen LogP contribution in [0.5, 0.6) is 0 Å². The molecule has 0 radical (unpaired) electrons. The van der Waals surface area contributed by atoms with Gasteiger partial charge in [0, 0.05) is 36.9 Å². The molecule has 0 aromatic carbocycles. The lowest BCUT2D eigenvalue weighted by Crippen LogP contribution is -2.55. The summed E-state index contributed by atoms with van der Waals surface area (Å²) in [5, 5.41) is 5.12. The van der Waals surface area contributed by atoms with Crippen molar-refractivity contribution >= 4 is 23.2 Å². The Hall–Kier alpha value is -1.40. The molecule has 2 aliphatic carbocycles. The number of nitrogens with zero attached hydrogens (tertiary/aromatic N) is 1. The molecule has 26 heavy (non-hydrogen) atoms. The number of hydrogen-bond acceptors (Lipinski definition) is 4. The fourth-order valence-corrected chi connectivity index (χ4v) is 6.31. The number of ether oxygens (including phenoxy) is 1. The Morgan fingerprint density at radius 3 is 2.88 bits per heavy atom. The van der Waals surface area contributed by atoms with E-state index in [1.54, 1.807) is 25.4 Å². The lowest BCUT2D eigenvalue weighted by atomic mass is 9.78. The summed E-state index contributed by atoms with van der Waals surface area (Å²) in [6, 6.07) is 0.176. The molecule has 1 saturated carbocycles. The number of carbonyl (C=O) groups is 2. The summed E-state index contributed by atoms with van der Waals surface area (Å²) in [6.07, 6.45) is 8.04. The first kappa shape index (κ1) is 18.0. The second-order valence-corrected chi connectivity index (χ2v) is 8.93. The van der Waals surface area contributed by atoms with E-state index in [4.69, 9.17) is 4.74 Å². The van der Waals surface area contributed by atoms with Gasteiger partial charge >= 0.3 is 0 Å². The number of carbonyl (C=O) groups excluding carboxylic acids is 2. The number of amides is 2. The second-order valence-electron chi connectivity index (χ2n) is 7.96. The Bertz CT molecular complexity index is 716. The van der Waals surface area contributed by atoms with Gasteiger partial charge in [-0.2, -0.15) is 0 Å². The van der Waals surface area contributed by atoms with E-state index < -0.39 is 0 Å². The molecule has 5 nitrogen and oxygen atoms in total. The van der Waals surface area contributed by atoms with E-state index in [-0.39, 0.29) is 29.5 Å². The predicted molar refractivity (Wildman–Crippen MR) is 102 cm³/mol. The van der Waals surface area contributed by atoms with Crippen LogP contribution in [0.25, 0.3) is 0 Å². The topological polar surface area (TPSA) is 58.6 Å². The zero-order chi connectivity index (χ0) is 18.3. The highest BCUT2D eigenvalue weighted by Gasteiger charge is 2.52. The van der Waals surface area contributed by atoms with E-state index >= 15 is 0 Å². The van der Waals surface area contributed by atoms with Crippen molar-refractivity contribution in [3.8, 4) is 0 Å². The molecule has 1 N–H and O–H groups in total. The zero-order valence-corrected chi connectivity index (χ0v) is 16.5. The number of likely N-dealkylation sites (tertiary alicyclic amines) is 1. The van der Waals surface area contributed by atoms with Gasteiger partial charge in [0.1, 0.15) is 0 Å². The molecular weight excluding hydrogens is 348 g/mol. The largest absolute Gasteiger partial charge is 0.376 e. The highest BCUT2D eigenvalue weighted by Crippen LogP contribution is 2.43. The number of aryl methyl sites for hydroxylation is 1. The van der Waals surface area contributed by atoms with Crippen LogP contribution in [0.3, 0.4) is 0 Å². The van der Waals surface area contributed by atoms with Crippen LogP contribution in [0, 0.1) is 0 Å². The van der Waals surface area contributed by atoms with E-state index in [0.29, 0.717) is 0 Å². The summed E-state index contributed by atoms with van der Waals surface area (Å²) in [4.78, 5) is 28.3. The Kier molecular flexibility index (Phi) is 4.82. The SMILES string of the molecule is COC12CCC(NC(C)=O)CC1N(C(=O)c1csc3c1CCCC3)CC2. The summed E-state index contributed by atoms with van der Waals surface area (Å²) in [5.41, 5.74) is 1.95. The molecule has 2 amide bonds. The summed E-state index contributed by atoms with van der Waals surface area (Å²) in [5.74, 6) is 0.166. The minimum absolute atomic E-state index is 0.00249. The van der Waals surface area contributed by atoms with Gasteiger partial charge in [-0.05, 0) is 56.9 Å². The number of nitrogens with one attached hydrogen (secondary N) is 1. The molecule has 1 saturated heterocycles. The van der Waals surface area contributed by atoms with Gasteiger partial charge in [0.25, 0.3) is 5.91 Å². The molecule has 1 aliphatic heterocycles. The number of rotatable bonds is 3. The van der Waals surface area contributed by atoms with Gasteiger partial charge in [-0.25, -0.2) is 0 Å². The molecule has 2 heterocycles. The fourth-order valence-electron chi connectivity index (χ4n) is 5.19. The van der Waals surface area contributed by atoms with Gasteiger partial charge in [-0.1, -0.05) is 0 Å². The number of hydrogen-bond donors (Lipinski definition) is 1. The molecule has 142 valence electrons. The van der Waals surface area contributed by atoms with Crippen LogP contribution in [0.1, 0.15) is 66.2 Å². The van der Waals surface area contributed by atoms with Crippen LogP contribution in [-0.2, 0) is 22.4 Å². The van der Waals surface area contributed by atoms with Gasteiger partial charge in [0.05, 0.1) is 17.2 Å². The van der Waals surface area contributed by atoms with Crippen molar-refractivity contribution in [3.63, 3.8) is 0 Å². The van der Waals surface area contributed by atoms with Gasteiger partial charge in [0.2, 0.25) is 5.91 Å². The van der Waals surface area contributed by atoms with E-state index in [0.717, 1.165) is 50.6 Å². The summed E-state index contributed by atoms with van der Waals surface area (Å²) in [7, 11) is 1.77. The Morgan fingerprint density at radius 1 is 1.31 bits per heavy atom. The number of thiophene rings is 1. The average Bonchev–Trinajstić information content (AvgIpc) is 3.22. The lowest BCUT2D eigenvalue weighted by Gasteiger charge is -2.43. The molecule has 3 unspecified atom stereocenters. The van der Waals surface area contributed by atoms with Crippen molar-refractivity contribution in [1.82, 2.24) is 10.2 Å². The third-order valence-corrected chi connectivity index (χ3v) is 7.64. The van der Waals surface area contributed by atoms with Gasteiger partial charge in [0.15, 0.2) is 0 Å². The molecule has 4 rings (SSSR count). The minimum Gasteiger partial charge on any atom is -0.376 e. The van der Waals surface area contributed by atoms with Crippen molar-refractivity contribution in [1.29, 1.82) is 0 Å². The summed E-state index contributed by atoms with van der Waals surface area (Å²) < 4.78 is 5.96. The number of methoxy groups -OCH3 is 1. The quantitative estimate of drug-likeness (QED) is 0.882. The molecule has 0 bridgehead atoms. The smallest absolute Gasteiger partial charge is 0.255 e. The van der Waals surface area contributed by atoms with Gasteiger partial charge < -0.3 is 15.0 Å². The third-order valence-electron chi connectivity index (χ3n) is 6.55. The zero-order valence-electron chi connectivity index (χ0n) is 15.7. The van der Waals surface area contributed by atoms with Crippen molar-refractivity contribution in [2.75, 3.05) is 13.7 Å². The fraction of sp³-hybridized carbons (Fsp3) is 0.700. The van der Waals surface area contributed by atoms with E-state index in [1.807, 2.05) is 4.90 Å². The average molecular weight is 377 g/mol. The van der Waals surface area contributed by atoms with Crippen LogP contribution in [0.4, 0.5) is 0 Å². The van der Waals surface area contributed by atoms with E-state index in [2.05, 4.69) is 10.7 Å².